The lowest BCUT2D eigenvalue weighted by atomic mass is 9.97. The molecule has 1 saturated heterocycles. The Hall–Kier alpha value is -1.54. The Balaban J connectivity index is 2.54. The molecular weight excluding hydrogens is 299 g/mol. The number of nitro groups is 1. The number of nitrogens with zero attached hydrogens (tertiary/aromatic N) is 2. The van der Waals surface area contributed by atoms with E-state index < -0.39 is 31.3 Å². The van der Waals surface area contributed by atoms with E-state index in [1.165, 1.54) is 10.4 Å². The highest BCUT2D eigenvalue weighted by molar-refractivity contribution is 7.89. The first-order chi connectivity index (χ1) is 9.75. The van der Waals surface area contributed by atoms with Crippen LogP contribution >= 0.6 is 0 Å². The summed E-state index contributed by atoms with van der Waals surface area (Å²) in [6.45, 7) is 3.97. The molecule has 0 N–H and O–H groups in total. The zero-order chi connectivity index (χ0) is 15.8. The number of rotatable bonds is 3. The van der Waals surface area contributed by atoms with Crippen LogP contribution in [0.2, 0.25) is 0 Å². The van der Waals surface area contributed by atoms with E-state index in [9.17, 15) is 22.9 Å². The quantitative estimate of drug-likeness (QED) is 0.634. The highest BCUT2D eigenvalue weighted by Gasteiger charge is 2.38. The van der Waals surface area contributed by atoms with E-state index >= 15 is 0 Å². The Bertz CT molecular complexity index is 662. The van der Waals surface area contributed by atoms with Gasteiger partial charge >= 0.3 is 5.69 Å². The second kappa shape index (κ2) is 5.69. The van der Waals surface area contributed by atoms with Crippen LogP contribution in [0, 0.1) is 21.8 Å². The van der Waals surface area contributed by atoms with Crippen LogP contribution in [0.4, 0.5) is 10.1 Å². The molecule has 8 heteroatoms. The molecule has 0 radical (unpaired) electrons. The first-order valence-electron chi connectivity index (χ1n) is 6.70. The van der Waals surface area contributed by atoms with Crippen LogP contribution in [0.3, 0.4) is 0 Å². The molecule has 6 nitrogen and oxygen atoms in total. The van der Waals surface area contributed by atoms with Crippen molar-refractivity contribution in [1.29, 1.82) is 0 Å². The van der Waals surface area contributed by atoms with Gasteiger partial charge in [0.2, 0.25) is 15.8 Å². The van der Waals surface area contributed by atoms with E-state index in [1.807, 2.05) is 6.92 Å². The molecule has 0 amide bonds. The molecule has 1 aliphatic heterocycles. The van der Waals surface area contributed by atoms with Gasteiger partial charge in [-0.3, -0.25) is 10.1 Å². The van der Waals surface area contributed by atoms with E-state index in [0.29, 0.717) is 6.42 Å². The molecule has 2 atom stereocenters. The van der Waals surface area contributed by atoms with Crippen molar-refractivity contribution >= 4 is 15.7 Å². The number of hydrogen-bond donors (Lipinski definition) is 0. The summed E-state index contributed by atoms with van der Waals surface area (Å²) in [5.41, 5.74) is -0.983. The first kappa shape index (κ1) is 15.8. The van der Waals surface area contributed by atoms with E-state index in [4.69, 9.17) is 0 Å². The van der Waals surface area contributed by atoms with Crippen molar-refractivity contribution in [2.75, 3.05) is 6.54 Å². The van der Waals surface area contributed by atoms with Gasteiger partial charge in [0.15, 0.2) is 4.90 Å². The summed E-state index contributed by atoms with van der Waals surface area (Å²) in [5, 5.41) is 11.0. The fourth-order valence-corrected chi connectivity index (χ4v) is 4.54. The molecule has 1 aromatic rings. The zero-order valence-corrected chi connectivity index (χ0v) is 12.6. The van der Waals surface area contributed by atoms with Gasteiger partial charge in [0.25, 0.3) is 0 Å². The normalized spacial score (nSPS) is 24.0. The van der Waals surface area contributed by atoms with E-state index in [0.717, 1.165) is 18.6 Å². The Labute approximate surface area is 122 Å². The van der Waals surface area contributed by atoms with Gasteiger partial charge in [-0.1, -0.05) is 13.0 Å². The lowest BCUT2D eigenvalue weighted by Crippen LogP contribution is -2.45. The molecule has 1 fully saturated rings. The van der Waals surface area contributed by atoms with Crippen molar-refractivity contribution < 1.29 is 17.7 Å². The van der Waals surface area contributed by atoms with Gasteiger partial charge < -0.3 is 0 Å². The Morgan fingerprint density at radius 2 is 2.00 bits per heavy atom. The molecule has 0 bridgehead atoms. The van der Waals surface area contributed by atoms with Crippen molar-refractivity contribution in [2.45, 2.75) is 37.6 Å². The minimum Gasteiger partial charge on any atom is -0.258 e. The van der Waals surface area contributed by atoms with Gasteiger partial charge in [0.05, 0.1) is 4.92 Å². The number of nitro benzene ring substituents is 1. The monoisotopic (exact) mass is 316 g/mol. The molecule has 21 heavy (non-hydrogen) atoms. The summed E-state index contributed by atoms with van der Waals surface area (Å²) in [5.74, 6) is -0.970. The van der Waals surface area contributed by atoms with E-state index in [2.05, 4.69) is 0 Å². The van der Waals surface area contributed by atoms with Gasteiger partial charge in [-0.05, 0) is 37.8 Å². The molecule has 0 saturated carbocycles. The van der Waals surface area contributed by atoms with Gasteiger partial charge in [-0.25, -0.2) is 8.42 Å². The number of halogens is 1. The maximum Gasteiger partial charge on any atom is 0.324 e. The first-order valence-corrected chi connectivity index (χ1v) is 8.14. The van der Waals surface area contributed by atoms with Crippen LogP contribution in [0.15, 0.2) is 23.1 Å². The van der Waals surface area contributed by atoms with Crippen molar-refractivity contribution in [2.24, 2.45) is 5.92 Å². The van der Waals surface area contributed by atoms with Gasteiger partial charge in [0.1, 0.15) is 0 Å². The summed E-state index contributed by atoms with van der Waals surface area (Å²) < 4.78 is 40.2. The summed E-state index contributed by atoms with van der Waals surface area (Å²) in [4.78, 5) is 9.44. The standard InChI is InChI=1S/C13H17FN2O4S/c1-9-6-7-10(2)15(8-9)21(19,20)12-5-3-4-11(14)13(12)16(17)18/h3-5,9-10H,6-8H2,1-2H3. The average molecular weight is 316 g/mol. The number of piperidine rings is 1. The SMILES string of the molecule is CC1CCC(C)N(S(=O)(=O)c2cccc(F)c2[N+](=O)[O-])C1. The molecule has 1 heterocycles. The highest BCUT2D eigenvalue weighted by atomic mass is 32.2. The van der Waals surface area contributed by atoms with Crippen LogP contribution < -0.4 is 0 Å². The van der Waals surface area contributed by atoms with Crippen molar-refractivity contribution in [1.82, 2.24) is 4.31 Å². The predicted molar refractivity (Wildman–Crippen MR) is 74.8 cm³/mol. The zero-order valence-electron chi connectivity index (χ0n) is 11.8. The molecule has 0 aliphatic carbocycles. The van der Waals surface area contributed by atoms with Gasteiger partial charge in [-0.2, -0.15) is 8.70 Å². The van der Waals surface area contributed by atoms with Crippen molar-refractivity contribution in [3.8, 4) is 0 Å². The average Bonchev–Trinajstić information content (AvgIpc) is 2.40. The Kier molecular flexibility index (Phi) is 4.29. The largest absolute Gasteiger partial charge is 0.324 e. The Morgan fingerprint density at radius 3 is 2.62 bits per heavy atom. The third kappa shape index (κ3) is 2.91. The smallest absolute Gasteiger partial charge is 0.258 e. The predicted octanol–water partition coefficient (Wildman–Crippen LogP) is 2.54. The Morgan fingerprint density at radius 1 is 1.33 bits per heavy atom. The van der Waals surface area contributed by atoms with Gasteiger partial charge in [-0.15, -0.1) is 0 Å². The molecule has 2 unspecified atom stereocenters. The molecule has 0 aromatic heterocycles. The lowest BCUT2D eigenvalue weighted by Gasteiger charge is -2.35. The second-order valence-corrected chi connectivity index (χ2v) is 7.31. The third-order valence-corrected chi connectivity index (χ3v) is 5.79. The minimum atomic E-state index is -4.09. The van der Waals surface area contributed by atoms with Crippen LogP contribution in [-0.2, 0) is 10.0 Å². The van der Waals surface area contributed by atoms with E-state index in [1.54, 1.807) is 6.92 Å². The maximum absolute atomic E-state index is 13.6. The number of para-hydroxylation sites is 1. The van der Waals surface area contributed by atoms with Crippen molar-refractivity contribution in [3.63, 3.8) is 0 Å². The van der Waals surface area contributed by atoms with Crippen molar-refractivity contribution in [3.05, 3.63) is 34.1 Å². The molecule has 1 aromatic carbocycles. The number of benzene rings is 1. The molecule has 1 aliphatic rings. The molecule has 116 valence electrons. The third-order valence-electron chi connectivity index (χ3n) is 3.78. The highest BCUT2D eigenvalue weighted by Crippen LogP contribution is 2.33. The summed E-state index contributed by atoms with van der Waals surface area (Å²) >= 11 is 0. The van der Waals surface area contributed by atoms with Crippen LogP contribution in [0.25, 0.3) is 0 Å². The topological polar surface area (TPSA) is 80.5 Å². The number of sulfonamides is 1. The minimum absolute atomic E-state index is 0.170. The van der Waals surface area contributed by atoms with Crippen LogP contribution in [0.5, 0.6) is 0 Å². The summed E-state index contributed by atoms with van der Waals surface area (Å²) in [6, 6.07) is 2.89. The van der Waals surface area contributed by atoms with E-state index in [-0.39, 0.29) is 18.5 Å². The van der Waals surface area contributed by atoms with Gasteiger partial charge in [0, 0.05) is 12.6 Å². The number of hydrogen-bond acceptors (Lipinski definition) is 4. The fourth-order valence-electron chi connectivity index (χ4n) is 2.59. The molecule has 2 rings (SSSR count). The summed E-state index contributed by atoms with van der Waals surface area (Å²) in [6.07, 6.45) is 1.59. The fraction of sp³-hybridized carbons (Fsp3) is 0.538. The second-order valence-electron chi connectivity index (χ2n) is 5.45. The lowest BCUT2D eigenvalue weighted by molar-refractivity contribution is -0.390. The van der Waals surface area contributed by atoms with Crippen LogP contribution in [0.1, 0.15) is 26.7 Å². The maximum atomic E-state index is 13.6. The molecular formula is C13H17FN2O4S. The van der Waals surface area contributed by atoms with Crippen LogP contribution in [-0.4, -0.2) is 30.2 Å². The molecule has 0 spiro atoms. The summed E-state index contributed by atoms with van der Waals surface area (Å²) in [7, 11) is -4.09.